The summed E-state index contributed by atoms with van der Waals surface area (Å²) in [6.45, 7) is 9.48. The van der Waals surface area contributed by atoms with E-state index >= 15 is 0 Å². The molecule has 19 heavy (non-hydrogen) atoms. The molecule has 0 spiro atoms. The van der Waals surface area contributed by atoms with Crippen molar-refractivity contribution in [1.29, 1.82) is 0 Å². The Balaban J connectivity index is 1.99. The first-order valence-corrected chi connectivity index (χ1v) is 8.40. The molecule has 1 saturated carbocycles. The molecule has 1 aliphatic heterocycles. The highest BCUT2D eigenvalue weighted by atomic mass is 15.3. The molecule has 2 aliphatic rings. The van der Waals surface area contributed by atoms with Gasteiger partial charge in [0, 0.05) is 37.8 Å². The zero-order valence-electron chi connectivity index (χ0n) is 13.2. The summed E-state index contributed by atoms with van der Waals surface area (Å²) >= 11 is 0. The monoisotopic (exact) mass is 267 g/mol. The van der Waals surface area contributed by atoms with Crippen molar-refractivity contribution in [2.24, 2.45) is 0 Å². The summed E-state index contributed by atoms with van der Waals surface area (Å²) in [5.41, 5.74) is 0. The fourth-order valence-electron chi connectivity index (χ4n) is 3.78. The van der Waals surface area contributed by atoms with Crippen molar-refractivity contribution >= 4 is 0 Å². The van der Waals surface area contributed by atoms with Gasteiger partial charge in [-0.1, -0.05) is 32.6 Å². The molecule has 1 heterocycles. The van der Waals surface area contributed by atoms with Crippen molar-refractivity contribution in [3.05, 3.63) is 0 Å². The molecule has 3 atom stereocenters. The van der Waals surface area contributed by atoms with E-state index in [0.717, 1.165) is 18.6 Å². The lowest BCUT2D eigenvalue weighted by Crippen LogP contribution is -2.58. The summed E-state index contributed by atoms with van der Waals surface area (Å²) in [7, 11) is 2.27. The molecular weight excluding hydrogens is 234 g/mol. The van der Waals surface area contributed by atoms with Gasteiger partial charge in [-0.15, -0.1) is 0 Å². The molecule has 0 radical (unpaired) electrons. The fourth-order valence-corrected chi connectivity index (χ4v) is 3.78. The largest absolute Gasteiger partial charge is 0.313 e. The average molecular weight is 267 g/mol. The molecule has 1 saturated heterocycles. The highest BCUT2D eigenvalue weighted by Crippen LogP contribution is 2.24. The van der Waals surface area contributed by atoms with Crippen molar-refractivity contribution in [1.82, 2.24) is 15.1 Å². The molecule has 0 bridgehead atoms. The molecule has 0 amide bonds. The van der Waals surface area contributed by atoms with Crippen molar-refractivity contribution < 1.29 is 0 Å². The summed E-state index contributed by atoms with van der Waals surface area (Å²) < 4.78 is 0. The van der Waals surface area contributed by atoms with Gasteiger partial charge in [-0.3, -0.25) is 4.90 Å². The summed E-state index contributed by atoms with van der Waals surface area (Å²) in [6.07, 6.45) is 8.49. The molecule has 1 N–H and O–H groups in total. The number of piperazine rings is 1. The zero-order valence-corrected chi connectivity index (χ0v) is 13.2. The van der Waals surface area contributed by atoms with Crippen molar-refractivity contribution in [3.8, 4) is 0 Å². The highest BCUT2D eigenvalue weighted by molar-refractivity contribution is 4.90. The third-order valence-electron chi connectivity index (χ3n) is 5.16. The van der Waals surface area contributed by atoms with E-state index in [0.29, 0.717) is 6.04 Å². The van der Waals surface area contributed by atoms with Crippen LogP contribution in [0.2, 0.25) is 0 Å². The van der Waals surface area contributed by atoms with E-state index in [9.17, 15) is 0 Å². The van der Waals surface area contributed by atoms with Crippen LogP contribution < -0.4 is 5.32 Å². The molecule has 2 fully saturated rings. The lowest BCUT2D eigenvalue weighted by molar-refractivity contribution is 0.0484. The predicted molar refractivity (Wildman–Crippen MR) is 82.6 cm³/mol. The van der Waals surface area contributed by atoms with Crippen LogP contribution in [-0.2, 0) is 0 Å². The zero-order chi connectivity index (χ0) is 13.7. The average Bonchev–Trinajstić information content (AvgIpc) is 2.37. The number of hydrogen-bond donors (Lipinski definition) is 1. The first kappa shape index (κ1) is 15.3. The van der Waals surface area contributed by atoms with Gasteiger partial charge in [-0.2, -0.15) is 0 Å². The van der Waals surface area contributed by atoms with Gasteiger partial charge in [0.15, 0.2) is 0 Å². The third-order valence-corrected chi connectivity index (χ3v) is 5.16. The normalized spacial score (nSPS) is 35.8. The van der Waals surface area contributed by atoms with Crippen molar-refractivity contribution in [2.75, 3.05) is 33.2 Å². The molecule has 0 aromatic heterocycles. The quantitative estimate of drug-likeness (QED) is 0.846. The van der Waals surface area contributed by atoms with Gasteiger partial charge in [0.1, 0.15) is 0 Å². The Morgan fingerprint density at radius 2 is 1.79 bits per heavy atom. The molecular formula is C16H33N3. The Morgan fingerprint density at radius 1 is 1.05 bits per heavy atom. The topological polar surface area (TPSA) is 18.5 Å². The van der Waals surface area contributed by atoms with Gasteiger partial charge in [0.2, 0.25) is 0 Å². The van der Waals surface area contributed by atoms with E-state index < -0.39 is 0 Å². The Bertz CT molecular complexity index is 256. The van der Waals surface area contributed by atoms with Gasteiger partial charge in [0.25, 0.3) is 0 Å². The molecule has 0 aromatic rings. The van der Waals surface area contributed by atoms with Crippen LogP contribution in [0.1, 0.15) is 52.4 Å². The second kappa shape index (κ2) is 7.61. The first-order chi connectivity index (χ1) is 9.22. The number of hydrogen-bond acceptors (Lipinski definition) is 3. The van der Waals surface area contributed by atoms with Crippen LogP contribution in [0.25, 0.3) is 0 Å². The molecule has 3 heteroatoms. The van der Waals surface area contributed by atoms with Crippen LogP contribution in [0, 0.1) is 0 Å². The predicted octanol–water partition coefficient (Wildman–Crippen LogP) is 2.32. The number of likely N-dealkylation sites (N-methyl/N-ethyl adjacent to an activating group) is 2. The van der Waals surface area contributed by atoms with Crippen molar-refractivity contribution in [3.63, 3.8) is 0 Å². The van der Waals surface area contributed by atoms with Crippen molar-refractivity contribution in [2.45, 2.75) is 70.5 Å². The Morgan fingerprint density at radius 3 is 2.47 bits per heavy atom. The van der Waals surface area contributed by atoms with E-state index in [1.807, 2.05) is 0 Å². The summed E-state index contributed by atoms with van der Waals surface area (Å²) in [5.74, 6) is 0. The van der Waals surface area contributed by atoms with Crippen LogP contribution in [-0.4, -0.2) is 61.2 Å². The number of nitrogens with one attached hydrogen (secondary N) is 1. The number of rotatable bonds is 3. The van der Waals surface area contributed by atoms with Crippen LogP contribution in [0.15, 0.2) is 0 Å². The SMILES string of the molecule is CCNC1CCCCCCC1N1CCN(C)C(C)C1. The minimum absolute atomic E-state index is 0.710. The Labute approximate surface area is 119 Å². The smallest absolute Gasteiger partial charge is 0.0250 e. The maximum atomic E-state index is 3.77. The second-order valence-electron chi connectivity index (χ2n) is 6.55. The minimum Gasteiger partial charge on any atom is -0.313 e. The molecule has 2 rings (SSSR count). The molecule has 1 aliphatic carbocycles. The highest BCUT2D eigenvalue weighted by Gasteiger charge is 2.31. The first-order valence-electron chi connectivity index (χ1n) is 8.40. The third kappa shape index (κ3) is 4.17. The van der Waals surface area contributed by atoms with Gasteiger partial charge in [-0.05, 0) is 33.4 Å². The summed E-state index contributed by atoms with van der Waals surface area (Å²) in [4.78, 5) is 5.28. The molecule has 0 aromatic carbocycles. The van der Waals surface area contributed by atoms with E-state index in [4.69, 9.17) is 0 Å². The van der Waals surface area contributed by atoms with E-state index in [1.165, 1.54) is 58.2 Å². The fraction of sp³-hybridized carbons (Fsp3) is 1.00. The molecule has 3 unspecified atom stereocenters. The van der Waals surface area contributed by atoms with Crippen LogP contribution in [0.5, 0.6) is 0 Å². The van der Waals surface area contributed by atoms with Crippen LogP contribution >= 0.6 is 0 Å². The maximum Gasteiger partial charge on any atom is 0.0250 e. The Kier molecular flexibility index (Phi) is 6.11. The van der Waals surface area contributed by atoms with Gasteiger partial charge in [-0.25, -0.2) is 0 Å². The molecule has 112 valence electrons. The van der Waals surface area contributed by atoms with Gasteiger partial charge < -0.3 is 10.2 Å². The molecule has 3 nitrogen and oxygen atoms in total. The minimum atomic E-state index is 0.710. The second-order valence-corrected chi connectivity index (χ2v) is 6.55. The maximum absolute atomic E-state index is 3.77. The van der Waals surface area contributed by atoms with E-state index in [1.54, 1.807) is 0 Å². The summed E-state index contributed by atoms with van der Waals surface area (Å²) in [6, 6.07) is 2.21. The van der Waals surface area contributed by atoms with Gasteiger partial charge >= 0.3 is 0 Å². The lowest BCUT2D eigenvalue weighted by atomic mass is 9.90. The lowest BCUT2D eigenvalue weighted by Gasteiger charge is -2.45. The van der Waals surface area contributed by atoms with E-state index in [-0.39, 0.29) is 0 Å². The summed E-state index contributed by atoms with van der Waals surface area (Å²) in [5, 5.41) is 3.77. The standard InChI is InChI=1S/C16H33N3/c1-4-17-15-9-7-5-6-8-10-16(15)19-12-11-18(3)14(2)13-19/h14-17H,4-13H2,1-3H3. The number of nitrogens with zero attached hydrogens (tertiary/aromatic N) is 2. The Hall–Kier alpha value is -0.120. The van der Waals surface area contributed by atoms with Gasteiger partial charge in [0.05, 0.1) is 0 Å². The van der Waals surface area contributed by atoms with Crippen LogP contribution in [0.3, 0.4) is 0 Å². The van der Waals surface area contributed by atoms with Crippen LogP contribution in [0.4, 0.5) is 0 Å². The van der Waals surface area contributed by atoms with E-state index in [2.05, 4.69) is 36.0 Å².